The molecule has 0 heterocycles. The van der Waals surface area contributed by atoms with Crippen molar-refractivity contribution < 1.29 is 18.3 Å². The van der Waals surface area contributed by atoms with E-state index in [1.54, 1.807) is 0 Å². The lowest BCUT2D eigenvalue weighted by Crippen LogP contribution is -2.39. The van der Waals surface area contributed by atoms with Crippen LogP contribution >= 0.6 is 11.6 Å². The predicted molar refractivity (Wildman–Crippen MR) is 91.9 cm³/mol. The van der Waals surface area contributed by atoms with Gasteiger partial charge in [0.05, 0.1) is 17.0 Å². The van der Waals surface area contributed by atoms with Crippen LogP contribution in [-0.4, -0.2) is 27.2 Å². The lowest BCUT2D eigenvalue weighted by Gasteiger charge is -2.24. The highest BCUT2D eigenvalue weighted by atomic mass is 35.5. The molecule has 2 aromatic carbocycles. The maximum atomic E-state index is 12.5. The topological polar surface area (TPSA) is 75.6 Å². The third kappa shape index (κ3) is 3.15. The fourth-order valence-corrected chi connectivity index (χ4v) is 4.40. The van der Waals surface area contributed by atoms with E-state index in [2.05, 4.69) is 4.72 Å². The van der Waals surface area contributed by atoms with Crippen LogP contribution < -0.4 is 9.46 Å². The van der Waals surface area contributed by atoms with Gasteiger partial charge in [-0.05, 0) is 42.2 Å². The zero-order valence-corrected chi connectivity index (χ0v) is 14.7. The van der Waals surface area contributed by atoms with Crippen molar-refractivity contribution in [2.75, 3.05) is 13.7 Å². The van der Waals surface area contributed by atoms with Crippen LogP contribution in [0.2, 0.25) is 5.02 Å². The van der Waals surface area contributed by atoms with Gasteiger partial charge in [0.1, 0.15) is 11.4 Å². The summed E-state index contributed by atoms with van der Waals surface area (Å²) in [6.07, 6.45) is 1.21. The van der Waals surface area contributed by atoms with Gasteiger partial charge in [-0.3, -0.25) is 0 Å². The average Bonchev–Trinajstić information content (AvgIpc) is 2.91. The Morgan fingerprint density at radius 1 is 1.29 bits per heavy atom. The molecule has 0 aromatic heterocycles. The molecular weight excluding hydrogens is 350 g/mol. The molecule has 1 unspecified atom stereocenters. The van der Waals surface area contributed by atoms with Crippen molar-refractivity contribution in [1.29, 1.82) is 0 Å². The van der Waals surface area contributed by atoms with Crippen LogP contribution in [0.15, 0.2) is 47.4 Å². The van der Waals surface area contributed by atoms with Crippen LogP contribution in [0, 0.1) is 0 Å². The number of nitrogens with one attached hydrogen (secondary N) is 1. The minimum absolute atomic E-state index is 0.0307. The zero-order valence-electron chi connectivity index (χ0n) is 13.1. The highest BCUT2D eigenvalue weighted by Crippen LogP contribution is 2.36. The SMILES string of the molecule is COc1ccc(S(=O)(=O)NCC2(O)CCc3ccccc32)cc1Cl. The Balaban J connectivity index is 1.80. The van der Waals surface area contributed by atoms with Crippen molar-refractivity contribution in [3.05, 3.63) is 58.6 Å². The molecule has 0 saturated heterocycles. The lowest BCUT2D eigenvalue weighted by atomic mass is 9.96. The first-order chi connectivity index (χ1) is 11.4. The van der Waals surface area contributed by atoms with Gasteiger partial charge >= 0.3 is 0 Å². The van der Waals surface area contributed by atoms with Gasteiger partial charge < -0.3 is 9.84 Å². The molecule has 1 atom stereocenters. The molecule has 0 saturated carbocycles. The lowest BCUT2D eigenvalue weighted by molar-refractivity contribution is 0.0442. The number of benzene rings is 2. The molecule has 128 valence electrons. The molecule has 0 fully saturated rings. The number of halogens is 1. The van der Waals surface area contributed by atoms with E-state index in [9.17, 15) is 13.5 Å². The van der Waals surface area contributed by atoms with Gasteiger partial charge in [0.25, 0.3) is 0 Å². The maximum Gasteiger partial charge on any atom is 0.240 e. The van der Waals surface area contributed by atoms with Crippen LogP contribution in [0.25, 0.3) is 0 Å². The van der Waals surface area contributed by atoms with Gasteiger partial charge in [0.2, 0.25) is 10.0 Å². The summed E-state index contributed by atoms with van der Waals surface area (Å²) < 4.78 is 32.5. The number of aliphatic hydroxyl groups is 1. The molecule has 0 spiro atoms. The second-order valence-electron chi connectivity index (χ2n) is 5.81. The normalized spacial score (nSPS) is 20.0. The fraction of sp³-hybridized carbons (Fsp3) is 0.294. The fourth-order valence-electron chi connectivity index (χ4n) is 2.96. The third-order valence-electron chi connectivity index (χ3n) is 4.31. The molecule has 7 heteroatoms. The van der Waals surface area contributed by atoms with Gasteiger partial charge in [-0.25, -0.2) is 13.1 Å². The summed E-state index contributed by atoms with van der Waals surface area (Å²) in [4.78, 5) is 0.0307. The molecule has 2 aromatic rings. The maximum absolute atomic E-state index is 12.5. The smallest absolute Gasteiger partial charge is 0.240 e. The van der Waals surface area contributed by atoms with E-state index in [0.717, 1.165) is 17.5 Å². The van der Waals surface area contributed by atoms with E-state index >= 15 is 0 Å². The van der Waals surface area contributed by atoms with Gasteiger partial charge in [-0.2, -0.15) is 0 Å². The number of methoxy groups -OCH3 is 1. The number of ether oxygens (including phenoxy) is 1. The summed E-state index contributed by atoms with van der Waals surface area (Å²) in [5, 5.41) is 11.0. The summed E-state index contributed by atoms with van der Waals surface area (Å²) in [5.41, 5.74) is 0.632. The minimum atomic E-state index is -3.79. The van der Waals surface area contributed by atoms with Crippen LogP contribution in [0.3, 0.4) is 0 Å². The quantitative estimate of drug-likeness (QED) is 0.851. The van der Waals surface area contributed by atoms with E-state index in [1.165, 1.54) is 25.3 Å². The monoisotopic (exact) mass is 367 g/mol. The first-order valence-corrected chi connectivity index (χ1v) is 9.36. The Morgan fingerprint density at radius 3 is 2.75 bits per heavy atom. The molecule has 1 aliphatic carbocycles. The Morgan fingerprint density at radius 2 is 2.04 bits per heavy atom. The zero-order chi connectivity index (χ0) is 17.4. The first-order valence-electron chi connectivity index (χ1n) is 7.50. The van der Waals surface area contributed by atoms with Gasteiger partial charge in [0, 0.05) is 6.54 Å². The predicted octanol–water partition coefficient (Wildman–Crippen LogP) is 2.46. The highest BCUT2D eigenvalue weighted by Gasteiger charge is 2.37. The van der Waals surface area contributed by atoms with Crippen LogP contribution in [0.1, 0.15) is 17.5 Å². The van der Waals surface area contributed by atoms with Crippen molar-refractivity contribution in [3.63, 3.8) is 0 Å². The largest absolute Gasteiger partial charge is 0.495 e. The Hall–Kier alpha value is -1.60. The van der Waals surface area contributed by atoms with Gasteiger partial charge in [-0.15, -0.1) is 0 Å². The molecule has 2 N–H and O–H groups in total. The summed E-state index contributed by atoms with van der Waals surface area (Å²) >= 11 is 5.99. The summed E-state index contributed by atoms with van der Waals surface area (Å²) in [5.74, 6) is 0.402. The minimum Gasteiger partial charge on any atom is -0.495 e. The molecule has 5 nitrogen and oxygen atoms in total. The van der Waals surface area contributed by atoms with Gasteiger partial charge in [-0.1, -0.05) is 35.9 Å². The van der Waals surface area contributed by atoms with Crippen LogP contribution in [0.4, 0.5) is 0 Å². The second kappa shape index (κ2) is 6.37. The number of aryl methyl sites for hydroxylation is 1. The summed E-state index contributed by atoms with van der Waals surface area (Å²) in [7, 11) is -2.33. The average molecular weight is 368 g/mol. The molecule has 0 radical (unpaired) electrons. The Labute approximate surface area is 146 Å². The van der Waals surface area contributed by atoms with Crippen molar-refractivity contribution in [2.45, 2.75) is 23.3 Å². The number of fused-ring (bicyclic) bond motifs is 1. The van der Waals surface area contributed by atoms with E-state index < -0.39 is 15.6 Å². The van der Waals surface area contributed by atoms with Crippen LogP contribution in [-0.2, 0) is 22.0 Å². The standard InChI is InChI=1S/C17H18ClNO4S/c1-23-16-7-6-13(10-15(16)18)24(21,22)19-11-17(20)9-8-12-4-2-3-5-14(12)17/h2-7,10,19-20H,8-9,11H2,1H3. The van der Waals surface area contributed by atoms with E-state index in [4.69, 9.17) is 16.3 Å². The number of sulfonamides is 1. The molecule has 1 aliphatic rings. The molecule has 3 rings (SSSR count). The number of hydrogen-bond acceptors (Lipinski definition) is 4. The highest BCUT2D eigenvalue weighted by molar-refractivity contribution is 7.89. The van der Waals surface area contributed by atoms with Crippen molar-refractivity contribution >= 4 is 21.6 Å². The van der Waals surface area contributed by atoms with Gasteiger partial charge in [0.15, 0.2) is 0 Å². The summed E-state index contributed by atoms with van der Waals surface area (Å²) in [6, 6.07) is 11.8. The molecule has 0 amide bonds. The molecule has 0 bridgehead atoms. The molecular formula is C17H18ClNO4S. The number of rotatable bonds is 5. The third-order valence-corrected chi connectivity index (χ3v) is 6.01. The molecule has 24 heavy (non-hydrogen) atoms. The van der Waals surface area contributed by atoms with E-state index in [-0.39, 0.29) is 16.5 Å². The summed E-state index contributed by atoms with van der Waals surface area (Å²) in [6.45, 7) is -0.0873. The Bertz CT molecular complexity index is 869. The molecule has 0 aliphatic heterocycles. The van der Waals surface area contributed by atoms with Crippen molar-refractivity contribution in [2.24, 2.45) is 0 Å². The van der Waals surface area contributed by atoms with E-state index in [0.29, 0.717) is 12.2 Å². The number of hydrogen-bond donors (Lipinski definition) is 2. The van der Waals surface area contributed by atoms with E-state index in [1.807, 2.05) is 24.3 Å². The van der Waals surface area contributed by atoms with Crippen molar-refractivity contribution in [1.82, 2.24) is 4.72 Å². The van der Waals surface area contributed by atoms with Crippen molar-refractivity contribution in [3.8, 4) is 5.75 Å². The second-order valence-corrected chi connectivity index (χ2v) is 7.98. The Kier molecular flexibility index (Phi) is 4.57. The van der Waals surface area contributed by atoms with Crippen LogP contribution in [0.5, 0.6) is 5.75 Å². The first kappa shape index (κ1) is 17.2.